The minimum absolute atomic E-state index is 0.200. The van der Waals surface area contributed by atoms with Gasteiger partial charge in [0.15, 0.2) is 0 Å². The highest BCUT2D eigenvalue weighted by Gasteiger charge is 2.03. The van der Waals surface area contributed by atoms with Gasteiger partial charge in [0.1, 0.15) is 0 Å². The van der Waals surface area contributed by atoms with Crippen molar-refractivity contribution >= 4 is 5.97 Å². The lowest BCUT2D eigenvalue weighted by molar-refractivity contribution is -0.142. The molecule has 0 aromatic heterocycles. The second-order valence-corrected chi connectivity index (χ2v) is 3.04. The highest BCUT2D eigenvalue weighted by molar-refractivity contribution is 5.65. The van der Waals surface area contributed by atoms with Crippen LogP contribution in [0.1, 0.15) is 26.7 Å². The second-order valence-electron chi connectivity index (χ2n) is 3.04. The second kappa shape index (κ2) is 7.10. The molecule has 0 rings (SSSR count). The zero-order chi connectivity index (χ0) is 9.40. The summed E-state index contributed by atoms with van der Waals surface area (Å²) in [6.45, 7) is 4.81. The normalized spacial score (nSPS) is 12.6. The van der Waals surface area contributed by atoms with Gasteiger partial charge in [-0.25, -0.2) is 0 Å². The maximum Gasteiger partial charge on any atom is 0.302 e. The third kappa shape index (κ3) is 7.54. The Hall–Kier alpha value is -0.570. The quantitative estimate of drug-likeness (QED) is 0.453. The van der Waals surface area contributed by atoms with Gasteiger partial charge < -0.3 is 9.47 Å². The maximum absolute atomic E-state index is 10.4. The molecule has 0 aromatic rings. The average molecular weight is 174 g/mol. The third-order valence-electron chi connectivity index (χ3n) is 1.62. The Balaban J connectivity index is 3.21. The minimum atomic E-state index is -0.200. The number of esters is 1. The van der Waals surface area contributed by atoms with Gasteiger partial charge in [-0.1, -0.05) is 6.92 Å². The zero-order valence-electron chi connectivity index (χ0n) is 8.13. The summed E-state index contributed by atoms with van der Waals surface area (Å²) in [4.78, 5) is 10.4. The van der Waals surface area contributed by atoms with E-state index in [2.05, 4.69) is 6.92 Å². The molecule has 0 aromatic carbocycles. The Bertz CT molecular complexity index is 123. The van der Waals surface area contributed by atoms with Crippen LogP contribution in [0.15, 0.2) is 0 Å². The zero-order valence-corrected chi connectivity index (χ0v) is 8.13. The van der Waals surface area contributed by atoms with Crippen molar-refractivity contribution in [1.29, 1.82) is 0 Å². The summed E-state index contributed by atoms with van der Waals surface area (Å²) < 4.78 is 9.76. The SMILES string of the molecule is COCCCC(C)COC(C)=O. The molecule has 0 aliphatic rings. The monoisotopic (exact) mass is 174 g/mol. The van der Waals surface area contributed by atoms with Crippen molar-refractivity contribution in [2.75, 3.05) is 20.3 Å². The first kappa shape index (κ1) is 11.4. The average Bonchev–Trinajstić information content (AvgIpc) is 2.01. The van der Waals surface area contributed by atoms with Crippen LogP contribution in [0.5, 0.6) is 0 Å². The molecular formula is C9H18O3. The number of ether oxygens (including phenoxy) is 2. The van der Waals surface area contributed by atoms with Crippen molar-refractivity contribution in [2.24, 2.45) is 5.92 Å². The number of hydrogen-bond donors (Lipinski definition) is 0. The van der Waals surface area contributed by atoms with Crippen LogP contribution in [-0.4, -0.2) is 26.3 Å². The number of rotatable bonds is 6. The Morgan fingerprint density at radius 2 is 2.17 bits per heavy atom. The molecule has 0 N–H and O–H groups in total. The molecule has 0 aliphatic heterocycles. The Kier molecular flexibility index (Phi) is 6.76. The molecule has 0 aliphatic carbocycles. The minimum Gasteiger partial charge on any atom is -0.466 e. The molecule has 0 bridgehead atoms. The van der Waals surface area contributed by atoms with Crippen molar-refractivity contribution in [2.45, 2.75) is 26.7 Å². The fourth-order valence-electron chi connectivity index (χ4n) is 0.919. The topological polar surface area (TPSA) is 35.5 Å². The smallest absolute Gasteiger partial charge is 0.302 e. The maximum atomic E-state index is 10.4. The summed E-state index contributed by atoms with van der Waals surface area (Å²) >= 11 is 0. The van der Waals surface area contributed by atoms with E-state index in [1.165, 1.54) is 6.92 Å². The van der Waals surface area contributed by atoms with Crippen molar-refractivity contribution in [3.8, 4) is 0 Å². The Morgan fingerprint density at radius 3 is 2.67 bits per heavy atom. The van der Waals surface area contributed by atoms with Gasteiger partial charge in [-0.05, 0) is 18.8 Å². The van der Waals surface area contributed by atoms with Gasteiger partial charge in [0.25, 0.3) is 0 Å². The fourth-order valence-corrected chi connectivity index (χ4v) is 0.919. The number of carbonyl (C=O) groups excluding carboxylic acids is 1. The van der Waals surface area contributed by atoms with E-state index in [1.54, 1.807) is 7.11 Å². The fraction of sp³-hybridized carbons (Fsp3) is 0.889. The lowest BCUT2D eigenvalue weighted by atomic mass is 10.1. The first-order valence-electron chi connectivity index (χ1n) is 4.29. The van der Waals surface area contributed by atoms with Crippen LogP contribution in [0.2, 0.25) is 0 Å². The van der Waals surface area contributed by atoms with Gasteiger partial charge in [0, 0.05) is 20.6 Å². The van der Waals surface area contributed by atoms with Crippen LogP contribution >= 0.6 is 0 Å². The van der Waals surface area contributed by atoms with E-state index >= 15 is 0 Å². The van der Waals surface area contributed by atoms with E-state index in [1.807, 2.05) is 0 Å². The number of methoxy groups -OCH3 is 1. The molecule has 3 heteroatoms. The van der Waals surface area contributed by atoms with Gasteiger partial charge in [-0.3, -0.25) is 4.79 Å². The molecule has 0 amide bonds. The van der Waals surface area contributed by atoms with Crippen LogP contribution in [0.4, 0.5) is 0 Å². The molecule has 3 nitrogen and oxygen atoms in total. The van der Waals surface area contributed by atoms with Crippen molar-refractivity contribution in [3.63, 3.8) is 0 Å². The summed E-state index contributed by atoms with van der Waals surface area (Å²) in [5.74, 6) is 0.234. The summed E-state index contributed by atoms with van der Waals surface area (Å²) in [7, 11) is 1.69. The lowest BCUT2D eigenvalue weighted by Crippen LogP contribution is -2.09. The largest absolute Gasteiger partial charge is 0.466 e. The molecule has 1 atom stereocenters. The standard InChI is InChI=1S/C9H18O3/c1-8(5-4-6-11-3)7-12-9(2)10/h8H,4-7H2,1-3H3. The number of hydrogen-bond acceptors (Lipinski definition) is 3. The summed E-state index contributed by atoms with van der Waals surface area (Å²) in [5, 5.41) is 0. The number of carbonyl (C=O) groups is 1. The van der Waals surface area contributed by atoms with Crippen LogP contribution < -0.4 is 0 Å². The van der Waals surface area contributed by atoms with E-state index in [4.69, 9.17) is 9.47 Å². The van der Waals surface area contributed by atoms with Gasteiger partial charge in [-0.15, -0.1) is 0 Å². The Morgan fingerprint density at radius 1 is 1.50 bits per heavy atom. The molecule has 1 unspecified atom stereocenters. The van der Waals surface area contributed by atoms with Crippen molar-refractivity contribution in [3.05, 3.63) is 0 Å². The highest BCUT2D eigenvalue weighted by atomic mass is 16.5. The van der Waals surface area contributed by atoms with Crippen LogP contribution in [0.3, 0.4) is 0 Å². The van der Waals surface area contributed by atoms with E-state index in [-0.39, 0.29) is 5.97 Å². The van der Waals surface area contributed by atoms with E-state index in [0.717, 1.165) is 19.4 Å². The van der Waals surface area contributed by atoms with Gasteiger partial charge in [0.05, 0.1) is 6.61 Å². The first-order valence-corrected chi connectivity index (χ1v) is 4.29. The van der Waals surface area contributed by atoms with Crippen LogP contribution in [0.25, 0.3) is 0 Å². The van der Waals surface area contributed by atoms with E-state index < -0.39 is 0 Å². The predicted molar refractivity (Wildman–Crippen MR) is 46.9 cm³/mol. The van der Waals surface area contributed by atoms with Gasteiger partial charge in [-0.2, -0.15) is 0 Å². The summed E-state index contributed by atoms with van der Waals surface area (Å²) in [6, 6.07) is 0. The molecule has 0 saturated carbocycles. The molecule has 0 heterocycles. The molecule has 0 radical (unpaired) electrons. The van der Waals surface area contributed by atoms with Crippen LogP contribution in [0, 0.1) is 5.92 Å². The Labute approximate surface area is 74.0 Å². The molecule has 0 spiro atoms. The van der Waals surface area contributed by atoms with Gasteiger partial charge >= 0.3 is 5.97 Å². The molecule has 12 heavy (non-hydrogen) atoms. The highest BCUT2D eigenvalue weighted by Crippen LogP contribution is 2.05. The van der Waals surface area contributed by atoms with Gasteiger partial charge in [0.2, 0.25) is 0 Å². The molecular weight excluding hydrogens is 156 g/mol. The van der Waals surface area contributed by atoms with E-state index in [0.29, 0.717) is 12.5 Å². The van der Waals surface area contributed by atoms with Crippen molar-refractivity contribution < 1.29 is 14.3 Å². The predicted octanol–water partition coefficient (Wildman–Crippen LogP) is 1.61. The first-order chi connectivity index (χ1) is 5.66. The molecule has 72 valence electrons. The summed E-state index contributed by atoms with van der Waals surface area (Å²) in [6.07, 6.45) is 2.07. The van der Waals surface area contributed by atoms with Crippen molar-refractivity contribution in [1.82, 2.24) is 0 Å². The van der Waals surface area contributed by atoms with Crippen LogP contribution in [-0.2, 0) is 14.3 Å². The summed E-state index contributed by atoms with van der Waals surface area (Å²) in [5.41, 5.74) is 0. The molecule has 0 saturated heterocycles. The third-order valence-corrected chi connectivity index (χ3v) is 1.62. The lowest BCUT2D eigenvalue weighted by Gasteiger charge is -2.10. The van der Waals surface area contributed by atoms with E-state index in [9.17, 15) is 4.79 Å². The molecule has 0 fully saturated rings.